The normalized spacial score (nSPS) is 13.3. The summed E-state index contributed by atoms with van der Waals surface area (Å²) in [7, 11) is 0. The van der Waals surface area contributed by atoms with Crippen molar-refractivity contribution < 1.29 is 0 Å². The molecule has 0 saturated heterocycles. The summed E-state index contributed by atoms with van der Waals surface area (Å²) in [5.41, 5.74) is 4.15. The van der Waals surface area contributed by atoms with Crippen LogP contribution in [0.1, 0.15) is 5.56 Å². The molecule has 0 atom stereocenters. The molecule has 0 spiro atoms. The fourth-order valence-electron chi connectivity index (χ4n) is 2.85. The molecule has 1 aliphatic rings. The summed E-state index contributed by atoms with van der Waals surface area (Å²) in [6.45, 7) is 0. The van der Waals surface area contributed by atoms with E-state index in [1.165, 1.54) is 16.7 Å². The summed E-state index contributed by atoms with van der Waals surface area (Å²) < 4.78 is 5.65. The first-order chi connectivity index (χ1) is 10.4. The summed E-state index contributed by atoms with van der Waals surface area (Å²) in [5, 5.41) is 0. The Bertz CT molecular complexity index is 803. The number of benzene rings is 3. The second-order valence-corrected chi connectivity index (χ2v) is 13.0. The fourth-order valence-corrected chi connectivity index (χ4v) is 11.1. The maximum absolute atomic E-state index is 2.52. The van der Waals surface area contributed by atoms with E-state index in [1.807, 2.05) is 0 Å². The molecule has 1 heteroatoms. The van der Waals surface area contributed by atoms with Crippen molar-refractivity contribution in [3.8, 4) is 11.1 Å². The van der Waals surface area contributed by atoms with E-state index in [1.54, 1.807) is 6.54 Å². The number of hydrogen-bond acceptors (Lipinski definition) is 0. The van der Waals surface area contributed by atoms with Gasteiger partial charge in [0.1, 0.15) is 0 Å². The molecule has 0 aromatic heterocycles. The van der Waals surface area contributed by atoms with Crippen LogP contribution in [-0.4, -0.2) is 21.8 Å². The van der Waals surface area contributed by atoms with Crippen molar-refractivity contribution in [2.24, 2.45) is 0 Å². The Morgan fingerprint density at radius 2 is 1.24 bits per heavy atom. The van der Waals surface area contributed by atoms with Crippen molar-refractivity contribution in [1.82, 2.24) is 0 Å². The van der Waals surface area contributed by atoms with E-state index in [9.17, 15) is 0 Å². The predicted molar refractivity (Wildman–Crippen MR) is 92.4 cm³/mol. The second-order valence-electron chi connectivity index (χ2n) is 5.13. The molecule has 0 amide bonds. The average Bonchev–Trinajstić information content (AvgIpc) is 2.73. The van der Waals surface area contributed by atoms with Gasteiger partial charge in [0.2, 0.25) is 0 Å². The summed E-state index contributed by atoms with van der Waals surface area (Å²) in [6.07, 6.45) is 2.35. The molecule has 100 valence electrons. The zero-order chi connectivity index (χ0) is 14.1. The molecule has 4 rings (SSSR count). The van der Waals surface area contributed by atoms with Crippen LogP contribution in [0.25, 0.3) is 17.2 Å². The summed E-state index contributed by atoms with van der Waals surface area (Å²) in [4.78, 5) is 0. The molecule has 0 N–H and O–H groups in total. The maximum atomic E-state index is 2.52. The summed E-state index contributed by atoms with van der Waals surface area (Å²) in [5.74, 6) is 0. The monoisotopic (exact) mass is 464 g/mol. The Morgan fingerprint density at radius 1 is 0.571 bits per heavy atom. The Balaban J connectivity index is 1.98. The Labute approximate surface area is 133 Å². The van der Waals surface area contributed by atoms with Crippen LogP contribution < -0.4 is 6.54 Å². The zero-order valence-electron chi connectivity index (χ0n) is 11.6. The minimum atomic E-state index is -2.05. The molecule has 0 fully saturated rings. The molecule has 0 saturated carbocycles. The zero-order valence-corrected chi connectivity index (χ0v) is 15.1. The third-order valence-electron chi connectivity index (χ3n) is 3.85. The Hall–Kier alpha value is -1.72. The standard InChI is InChI=1S/C14H10.C6H5.Bi/c1-2-12-8-6-7-11-14(12)13-9-4-3-5-10-13;1-2-4-6-5-3-1;/h1-9,11H;1-5H;. The van der Waals surface area contributed by atoms with E-state index in [-0.39, 0.29) is 0 Å². The summed E-state index contributed by atoms with van der Waals surface area (Å²) >= 11 is -2.05. The first-order valence-electron chi connectivity index (χ1n) is 7.14. The van der Waals surface area contributed by atoms with E-state index in [4.69, 9.17) is 0 Å². The number of hydrogen-bond donors (Lipinski definition) is 0. The van der Waals surface area contributed by atoms with Gasteiger partial charge in [-0.2, -0.15) is 0 Å². The van der Waals surface area contributed by atoms with Crippen molar-refractivity contribution in [1.29, 1.82) is 0 Å². The molecule has 0 unspecified atom stereocenters. The Morgan fingerprint density at radius 3 is 2.10 bits per heavy atom. The Kier molecular flexibility index (Phi) is 3.45. The van der Waals surface area contributed by atoms with Gasteiger partial charge >= 0.3 is 134 Å². The molecular weight excluding hydrogens is 449 g/mol. The van der Waals surface area contributed by atoms with Crippen LogP contribution in [0, 0.1) is 0 Å². The van der Waals surface area contributed by atoms with Gasteiger partial charge in [-0.15, -0.1) is 0 Å². The third-order valence-corrected chi connectivity index (χ3v) is 12.4. The summed E-state index contributed by atoms with van der Waals surface area (Å²) in [6, 6.07) is 28.7. The van der Waals surface area contributed by atoms with Gasteiger partial charge in [0, 0.05) is 0 Å². The van der Waals surface area contributed by atoms with Crippen molar-refractivity contribution >= 4 is 34.4 Å². The SMILES string of the molecule is C1=[CH][Bi]([c]2ccccc2)[c]2ccccc2-c2ccccc21. The van der Waals surface area contributed by atoms with Gasteiger partial charge in [0.15, 0.2) is 0 Å². The molecule has 21 heavy (non-hydrogen) atoms. The van der Waals surface area contributed by atoms with Crippen molar-refractivity contribution in [2.75, 3.05) is 0 Å². The minimum absolute atomic E-state index is 1.35. The van der Waals surface area contributed by atoms with E-state index < -0.39 is 21.8 Å². The molecule has 0 nitrogen and oxygen atoms in total. The van der Waals surface area contributed by atoms with Crippen LogP contribution in [0.3, 0.4) is 0 Å². The van der Waals surface area contributed by atoms with Gasteiger partial charge in [0.05, 0.1) is 0 Å². The van der Waals surface area contributed by atoms with Gasteiger partial charge in [-0.1, -0.05) is 0 Å². The molecule has 0 bridgehead atoms. The van der Waals surface area contributed by atoms with Crippen LogP contribution >= 0.6 is 0 Å². The average molecular weight is 464 g/mol. The number of rotatable bonds is 1. The van der Waals surface area contributed by atoms with E-state index >= 15 is 0 Å². The van der Waals surface area contributed by atoms with Crippen LogP contribution in [0.4, 0.5) is 0 Å². The van der Waals surface area contributed by atoms with Crippen LogP contribution in [0.2, 0.25) is 0 Å². The molecule has 0 aliphatic carbocycles. The molecule has 3 aromatic rings. The predicted octanol–water partition coefficient (Wildman–Crippen LogP) is 3.53. The van der Waals surface area contributed by atoms with E-state index in [0.29, 0.717) is 0 Å². The van der Waals surface area contributed by atoms with E-state index in [0.717, 1.165) is 0 Å². The first-order valence-corrected chi connectivity index (χ1v) is 12.6. The molecule has 3 aromatic carbocycles. The van der Waals surface area contributed by atoms with E-state index in [2.05, 4.69) is 88.7 Å². The van der Waals surface area contributed by atoms with Crippen molar-refractivity contribution in [3.05, 3.63) is 88.2 Å². The third kappa shape index (κ3) is 2.36. The quantitative estimate of drug-likeness (QED) is 0.484. The van der Waals surface area contributed by atoms with Gasteiger partial charge in [-0.25, -0.2) is 0 Å². The van der Waals surface area contributed by atoms with Gasteiger partial charge in [0.25, 0.3) is 0 Å². The topological polar surface area (TPSA) is 0 Å². The molecule has 1 heterocycles. The van der Waals surface area contributed by atoms with Gasteiger partial charge < -0.3 is 0 Å². The van der Waals surface area contributed by atoms with Crippen LogP contribution in [0.5, 0.6) is 0 Å². The van der Waals surface area contributed by atoms with Crippen LogP contribution in [-0.2, 0) is 0 Å². The molecular formula is C20H15Bi. The van der Waals surface area contributed by atoms with Gasteiger partial charge in [-0.3, -0.25) is 0 Å². The molecule has 0 radical (unpaired) electrons. The molecule has 1 aliphatic heterocycles. The van der Waals surface area contributed by atoms with Gasteiger partial charge in [-0.05, 0) is 0 Å². The van der Waals surface area contributed by atoms with Crippen molar-refractivity contribution in [3.63, 3.8) is 0 Å². The number of fused-ring (bicyclic) bond motifs is 3. The van der Waals surface area contributed by atoms with Crippen molar-refractivity contribution in [2.45, 2.75) is 0 Å². The fraction of sp³-hybridized carbons (Fsp3) is 0. The second kappa shape index (κ2) is 5.58. The van der Waals surface area contributed by atoms with Crippen LogP contribution in [0.15, 0.2) is 82.6 Å². The first kappa shape index (κ1) is 13.0.